The van der Waals surface area contributed by atoms with Crippen molar-refractivity contribution in [3.63, 3.8) is 0 Å². The molecule has 0 fully saturated rings. The number of hydrogen-bond donors (Lipinski definition) is 10. The molecule has 0 aliphatic rings. The minimum atomic E-state index is -0.833. The van der Waals surface area contributed by atoms with E-state index in [1.165, 1.54) is 64.2 Å². The van der Waals surface area contributed by atoms with Crippen LogP contribution in [0.3, 0.4) is 0 Å². The summed E-state index contributed by atoms with van der Waals surface area (Å²) in [5, 5.41) is 45.6. The molecule has 13 nitrogen and oxygen atoms in total. The number of carboxylic acid groups (broad SMARTS) is 3. The maximum atomic E-state index is 9.00. The van der Waals surface area contributed by atoms with E-state index < -0.39 is 17.9 Å². The Morgan fingerprint density at radius 3 is 0.919 bits per heavy atom. The van der Waals surface area contributed by atoms with Gasteiger partial charge < -0.3 is 42.7 Å². The zero-order valence-electron chi connectivity index (χ0n) is 23.0. The Morgan fingerprint density at radius 1 is 0.514 bits per heavy atom. The summed E-state index contributed by atoms with van der Waals surface area (Å²) < 4.78 is 0. The molecule has 0 aromatic heterocycles. The third-order valence-corrected chi connectivity index (χ3v) is 4.19. The van der Waals surface area contributed by atoms with Gasteiger partial charge in [-0.05, 0) is 38.8 Å². The molecule has 13 heteroatoms. The van der Waals surface area contributed by atoms with Gasteiger partial charge >= 0.3 is 0 Å². The van der Waals surface area contributed by atoms with E-state index in [0.717, 1.165) is 59.8 Å². The largest absolute Gasteiger partial charge is 0.481 e. The minimum absolute atomic E-state index is 0.0769. The SMILES string of the molecule is CC(=O)O.CC(=O)O.CC(=O)O.N=C(N)NCCCCCCCCNCCCCCCCCNC(=N)N. The van der Waals surface area contributed by atoms with E-state index in [4.69, 9.17) is 52.0 Å². The third-order valence-electron chi connectivity index (χ3n) is 4.19. The van der Waals surface area contributed by atoms with Crippen molar-refractivity contribution in [2.24, 2.45) is 11.5 Å². The van der Waals surface area contributed by atoms with Gasteiger partial charge in [0.25, 0.3) is 17.9 Å². The molecule has 0 saturated carbocycles. The fourth-order valence-corrected chi connectivity index (χ4v) is 2.74. The van der Waals surface area contributed by atoms with Crippen LogP contribution in [0.5, 0.6) is 0 Å². The Morgan fingerprint density at radius 2 is 0.703 bits per heavy atom. The fourth-order valence-electron chi connectivity index (χ4n) is 2.74. The summed E-state index contributed by atoms with van der Waals surface area (Å²) in [6.45, 7) is 7.18. The van der Waals surface area contributed by atoms with E-state index >= 15 is 0 Å². The van der Waals surface area contributed by atoms with Crippen molar-refractivity contribution >= 4 is 29.8 Å². The van der Waals surface area contributed by atoms with E-state index in [9.17, 15) is 0 Å². The summed E-state index contributed by atoms with van der Waals surface area (Å²) >= 11 is 0. The zero-order valence-corrected chi connectivity index (χ0v) is 23.0. The van der Waals surface area contributed by atoms with Crippen LogP contribution in [0.4, 0.5) is 0 Å². The van der Waals surface area contributed by atoms with Crippen molar-refractivity contribution < 1.29 is 29.7 Å². The minimum Gasteiger partial charge on any atom is -0.481 e. The topological polar surface area (TPSA) is 248 Å². The molecule has 12 N–H and O–H groups in total. The quantitative estimate of drug-likeness (QED) is 0.0693. The molecule has 0 aliphatic heterocycles. The average molecular weight is 536 g/mol. The van der Waals surface area contributed by atoms with Crippen molar-refractivity contribution in [3.8, 4) is 0 Å². The standard InChI is InChI=1S/C18H41N7.3C2H4O2/c19-17(20)24-15-11-7-3-1-5-9-13-23-14-10-6-2-4-8-12-16-25-18(21)22;3*1-2(3)4/h23H,1-16H2,(H4,19,20,24)(H4,21,22,25);3*1H3,(H,3,4). The monoisotopic (exact) mass is 535 g/mol. The Bertz CT molecular complexity index is 507. The van der Waals surface area contributed by atoms with Crippen LogP contribution in [0.25, 0.3) is 0 Å². The Labute approximate surface area is 222 Å². The van der Waals surface area contributed by atoms with Gasteiger partial charge in [0.15, 0.2) is 11.9 Å². The number of rotatable bonds is 18. The van der Waals surface area contributed by atoms with Gasteiger partial charge in [-0.3, -0.25) is 25.2 Å². The lowest BCUT2D eigenvalue weighted by atomic mass is 10.1. The third kappa shape index (κ3) is 87.9. The number of unbranched alkanes of at least 4 members (excludes halogenated alkanes) is 10. The fraction of sp³-hybridized carbons (Fsp3) is 0.792. The molecule has 0 aromatic rings. The predicted molar refractivity (Wildman–Crippen MR) is 148 cm³/mol. The number of carbonyl (C=O) groups is 3. The lowest BCUT2D eigenvalue weighted by molar-refractivity contribution is -0.135. The molecule has 0 aromatic carbocycles. The molecule has 0 saturated heterocycles. The highest BCUT2D eigenvalue weighted by Gasteiger charge is 1.94. The molecule has 0 spiro atoms. The Hall–Kier alpha value is -3.09. The molecule has 0 amide bonds. The van der Waals surface area contributed by atoms with Crippen molar-refractivity contribution in [1.29, 1.82) is 10.8 Å². The van der Waals surface area contributed by atoms with Crippen LogP contribution in [0.1, 0.15) is 97.8 Å². The van der Waals surface area contributed by atoms with E-state index in [1.54, 1.807) is 0 Å². The van der Waals surface area contributed by atoms with E-state index in [1.807, 2.05) is 0 Å². The second-order valence-corrected chi connectivity index (χ2v) is 8.23. The predicted octanol–water partition coefficient (Wildman–Crippen LogP) is 2.50. The number of aliphatic carboxylic acids is 3. The van der Waals surface area contributed by atoms with Crippen LogP contribution < -0.4 is 27.4 Å². The Balaban J connectivity index is -0.000000375. The maximum absolute atomic E-state index is 9.00. The molecular formula is C24H53N7O6. The van der Waals surface area contributed by atoms with Gasteiger partial charge in [-0.25, -0.2) is 0 Å². The van der Waals surface area contributed by atoms with Crippen molar-refractivity contribution in [2.45, 2.75) is 97.8 Å². The molecule has 0 atom stereocenters. The van der Waals surface area contributed by atoms with Gasteiger partial charge in [0, 0.05) is 33.9 Å². The molecule has 0 radical (unpaired) electrons. The highest BCUT2D eigenvalue weighted by molar-refractivity contribution is 5.74. The van der Waals surface area contributed by atoms with Crippen LogP contribution in [0, 0.1) is 10.8 Å². The summed E-state index contributed by atoms with van der Waals surface area (Å²) in [6, 6.07) is 0. The molecule has 0 bridgehead atoms. The van der Waals surface area contributed by atoms with E-state index in [0.29, 0.717) is 0 Å². The molecule has 0 unspecified atom stereocenters. The highest BCUT2D eigenvalue weighted by Crippen LogP contribution is 2.05. The van der Waals surface area contributed by atoms with Crippen LogP contribution >= 0.6 is 0 Å². The van der Waals surface area contributed by atoms with Crippen molar-refractivity contribution in [3.05, 3.63) is 0 Å². The molecule has 37 heavy (non-hydrogen) atoms. The molecule has 220 valence electrons. The lowest BCUT2D eigenvalue weighted by Crippen LogP contribution is -2.30. The first-order chi connectivity index (χ1) is 17.3. The second kappa shape index (κ2) is 35.1. The number of nitrogens with two attached hydrogens (primary N) is 2. The molecule has 0 heterocycles. The summed E-state index contributed by atoms with van der Waals surface area (Å²) in [7, 11) is 0. The summed E-state index contributed by atoms with van der Waals surface area (Å²) in [6.07, 6.45) is 15.0. The summed E-state index contributed by atoms with van der Waals surface area (Å²) in [5.74, 6) is -2.35. The van der Waals surface area contributed by atoms with Gasteiger partial charge in [-0.1, -0.05) is 51.4 Å². The van der Waals surface area contributed by atoms with Crippen LogP contribution in [-0.2, 0) is 14.4 Å². The number of hydrogen-bond acceptors (Lipinski definition) is 6. The van der Waals surface area contributed by atoms with Crippen molar-refractivity contribution in [1.82, 2.24) is 16.0 Å². The van der Waals surface area contributed by atoms with Gasteiger partial charge in [0.1, 0.15) is 0 Å². The normalized spacial score (nSPS) is 9.16. The van der Waals surface area contributed by atoms with Gasteiger partial charge in [-0.2, -0.15) is 0 Å². The zero-order chi connectivity index (χ0) is 29.3. The van der Waals surface area contributed by atoms with Gasteiger partial charge in [0.05, 0.1) is 0 Å². The van der Waals surface area contributed by atoms with Crippen molar-refractivity contribution in [2.75, 3.05) is 26.2 Å². The van der Waals surface area contributed by atoms with Gasteiger partial charge in [-0.15, -0.1) is 0 Å². The first-order valence-corrected chi connectivity index (χ1v) is 12.8. The molecule has 0 rings (SSSR count). The van der Waals surface area contributed by atoms with Crippen LogP contribution in [0.2, 0.25) is 0 Å². The van der Waals surface area contributed by atoms with Gasteiger partial charge in [0.2, 0.25) is 0 Å². The average Bonchev–Trinajstić information content (AvgIpc) is 2.73. The maximum Gasteiger partial charge on any atom is 0.300 e. The molecular weight excluding hydrogens is 482 g/mol. The number of nitrogens with one attached hydrogen (secondary N) is 5. The first kappa shape index (κ1) is 41.1. The summed E-state index contributed by atoms with van der Waals surface area (Å²) in [5.41, 5.74) is 10.5. The highest BCUT2D eigenvalue weighted by atomic mass is 16.4. The van der Waals surface area contributed by atoms with Crippen LogP contribution in [-0.4, -0.2) is 71.3 Å². The second-order valence-electron chi connectivity index (χ2n) is 8.23. The number of guanidine groups is 2. The summed E-state index contributed by atoms with van der Waals surface area (Å²) in [4.78, 5) is 27.0. The lowest BCUT2D eigenvalue weighted by Gasteiger charge is -2.06. The first-order valence-electron chi connectivity index (χ1n) is 12.8. The van der Waals surface area contributed by atoms with E-state index in [-0.39, 0.29) is 11.9 Å². The van der Waals surface area contributed by atoms with E-state index in [2.05, 4.69) is 16.0 Å². The number of carboxylic acids is 3. The smallest absolute Gasteiger partial charge is 0.300 e. The Kier molecular flexibility index (Phi) is 38.9. The molecule has 0 aliphatic carbocycles. The van der Waals surface area contributed by atoms with Crippen LogP contribution in [0.15, 0.2) is 0 Å².